The van der Waals surface area contributed by atoms with E-state index in [4.69, 9.17) is 4.74 Å². The summed E-state index contributed by atoms with van der Waals surface area (Å²) in [4.78, 5) is 0. The van der Waals surface area contributed by atoms with E-state index in [0.717, 1.165) is 19.2 Å². The highest BCUT2D eigenvalue weighted by Gasteiger charge is 2.26. The van der Waals surface area contributed by atoms with Gasteiger partial charge < -0.3 is 10.1 Å². The van der Waals surface area contributed by atoms with Crippen LogP contribution in [-0.4, -0.2) is 47.0 Å². The Morgan fingerprint density at radius 3 is 2.77 bits per heavy atom. The zero-order chi connectivity index (χ0) is 9.90. The van der Waals surface area contributed by atoms with Crippen LogP contribution in [0.1, 0.15) is 6.42 Å². The van der Waals surface area contributed by atoms with Gasteiger partial charge in [0.2, 0.25) is 10.0 Å². The molecule has 0 saturated carbocycles. The van der Waals surface area contributed by atoms with Gasteiger partial charge in [-0.25, -0.2) is 13.1 Å². The second-order valence-electron chi connectivity index (χ2n) is 3.26. The van der Waals surface area contributed by atoms with Crippen LogP contribution in [0.4, 0.5) is 0 Å². The molecule has 1 fully saturated rings. The Morgan fingerprint density at radius 1 is 1.54 bits per heavy atom. The molecule has 0 radical (unpaired) electrons. The molecule has 0 bridgehead atoms. The van der Waals surface area contributed by atoms with E-state index >= 15 is 0 Å². The van der Waals surface area contributed by atoms with Crippen LogP contribution in [0, 0.1) is 0 Å². The molecule has 1 heterocycles. The summed E-state index contributed by atoms with van der Waals surface area (Å²) in [6.07, 6.45) is 1.98. The highest BCUT2D eigenvalue weighted by Crippen LogP contribution is 2.07. The summed E-state index contributed by atoms with van der Waals surface area (Å²) >= 11 is 0. The van der Waals surface area contributed by atoms with Gasteiger partial charge in [0.15, 0.2) is 0 Å². The van der Waals surface area contributed by atoms with E-state index in [-0.39, 0.29) is 12.1 Å². The van der Waals surface area contributed by atoms with Crippen LogP contribution < -0.4 is 10.0 Å². The molecule has 2 atom stereocenters. The van der Waals surface area contributed by atoms with Gasteiger partial charge >= 0.3 is 0 Å². The van der Waals surface area contributed by atoms with Crippen molar-refractivity contribution in [2.24, 2.45) is 0 Å². The standard InChI is InChI=1S/C7H16N2O3S/c1-12-7-3-4-8-5-6(7)9-13(2,10)11/h6-9H,3-5H2,1-2H3/t6-,7-/m0/s1. The lowest BCUT2D eigenvalue weighted by Crippen LogP contribution is -2.54. The maximum atomic E-state index is 11.0. The fourth-order valence-electron chi connectivity index (χ4n) is 1.51. The average molecular weight is 208 g/mol. The molecular weight excluding hydrogens is 192 g/mol. The highest BCUT2D eigenvalue weighted by atomic mass is 32.2. The molecule has 1 saturated heterocycles. The molecule has 1 aliphatic heterocycles. The monoisotopic (exact) mass is 208 g/mol. The summed E-state index contributed by atoms with van der Waals surface area (Å²) in [5.74, 6) is 0. The van der Waals surface area contributed by atoms with Crippen LogP contribution in [0.3, 0.4) is 0 Å². The Labute approximate surface area is 78.9 Å². The van der Waals surface area contributed by atoms with Gasteiger partial charge in [0.1, 0.15) is 0 Å². The van der Waals surface area contributed by atoms with Crippen LogP contribution in [0.25, 0.3) is 0 Å². The van der Waals surface area contributed by atoms with Gasteiger partial charge in [0.05, 0.1) is 18.4 Å². The first kappa shape index (κ1) is 10.9. The Balaban J connectivity index is 2.55. The number of methoxy groups -OCH3 is 1. The molecule has 5 nitrogen and oxygen atoms in total. The first-order valence-electron chi connectivity index (χ1n) is 4.24. The van der Waals surface area contributed by atoms with E-state index < -0.39 is 10.0 Å². The van der Waals surface area contributed by atoms with Gasteiger partial charge in [-0.05, 0) is 13.0 Å². The second kappa shape index (κ2) is 4.36. The summed E-state index contributed by atoms with van der Waals surface area (Å²) < 4.78 is 29.7. The Kier molecular flexibility index (Phi) is 3.66. The number of rotatable bonds is 3. The SMILES string of the molecule is CO[C@H]1CCNC[C@@H]1NS(C)(=O)=O. The van der Waals surface area contributed by atoms with Crippen molar-refractivity contribution in [2.45, 2.75) is 18.6 Å². The largest absolute Gasteiger partial charge is 0.380 e. The van der Waals surface area contributed by atoms with E-state index in [0.29, 0.717) is 6.54 Å². The molecule has 0 aliphatic carbocycles. The number of piperidine rings is 1. The molecule has 1 aliphatic rings. The molecule has 0 aromatic carbocycles. The number of nitrogens with one attached hydrogen (secondary N) is 2. The molecular formula is C7H16N2O3S. The molecule has 0 amide bonds. The van der Waals surface area contributed by atoms with Crippen molar-refractivity contribution < 1.29 is 13.2 Å². The number of hydrogen-bond acceptors (Lipinski definition) is 4. The second-order valence-corrected chi connectivity index (χ2v) is 5.04. The summed E-state index contributed by atoms with van der Waals surface area (Å²) in [5.41, 5.74) is 0. The average Bonchev–Trinajstić information content (AvgIpc) is 2.02. The molecule has 13 heavy (non-hydrogen) atoms. The van der Waals surface area contributed by atoms with Gasteiger partial charge in [0.25, 0.3) is 0 Å². The zero-order valence-electron chi connectivity index (χ0n) is 7.91. The van der Waals surface area contributed by atoms with Gasteiger partial charge in [-0.2, -0.15) is 0 Å². The van der Waals surface area contributed by atoms with Crippen molar-refractivity contribution in [2.75, 3.05) is 26.5 Å². The molecule has 0 aromatic rings. The topological polar surface area (TPSA) is 67.4 Å². The zero-order valence-corrected chi connectivity index (χ0v) is 8.73. The molecule has 0 spiro atoms. The van der Waals surface area contributed by atoms with Crippen molar-refractivity contribution in [3.8, 4) is 0 Å². The fourth-order valence-corrected chi connectivity index (χ4v) is 2.29. The van der Waals surface area contributed by atoms with E-state index in [1.54, 1.807) is 7.11 Å². The lowest BCUT2D eigenvalue weighted by molar-refractivity contribution is 0.0556. The van der Waals surface area contributed by atoms with Crippen LogP contribution >= 0.6 is 0 Å². The van der Waals surface area contributed by atoms with Crippen molar-refractivity contribution >= 4 is 10.0 Å². The Bertz CT molecular complexity index is 252. The van der Waals surface area contributed by atoms with Crippen LogP contribution in [0.5, 0.6) is 0 Å². The minimum atomic E-state index is -3.14. The third-order valence-electron chi connectivity index (χ3n) is 2.09. The molecule has 78 valence electrons. The third kappa shape index (κ3) is 3.60. The predicted octanol–water partition coefficient (Wildman–Crippen LogP) is -1.09. The molecule has 6 heteroatoms. The maximum Gasteiger partial charge on any atom is 0.209 e. The van der Waals surface area contributed by atoms with E-state index in [9.17, 15) is 8.42 Å². The molecule has 0 aromatic heterocycles. The summed E-state index contributed by atoms with van der Waals surface area (Å²) in [7, 11) is -1.53. The van der Waals surface area contributed by atoms with Gasteiger partial charge in [-0.15, -0.1) is 0 Å². The van der Waals surface area contributed by atoms with Gasteiger partial charge in [-0.3, -0.25) is 0 Å². The first-order valence-corrected chi connectivity index (χ1v) is 6.13. The smallest absolute Gasteiger partial charge is 0.209 e. The number of ether oxygens (including phenoxy) is 1. The Hall–Kier alpha value is -0.170. The minimum Gasteiger partial charge on any atom is -0.380 e. The van der Waals surface area contributed by atoms with Crippen molar-refractivity contribution in [3.63, 3.8) is 0 Å². The van der Waals surface area contributed by atoms with Crippen LogP contribution in [0.2, 0.25) is 0 Å². The minimum absolute atomic E-state index is 0.0176. The van der Waals surface area contributed by atoms with Crippen molar-refractivity contribution in [3.05, 3.63) is 0 Å². The van der Waals surface area contributed by atoms with Crippen LogP contribution in [-0.2, 0) is 14.8 Å². The normalized spacial score (nSPS) is 30.3. The molecule has 1 rings (SSSR count). The summed E-state index contributed by atoms with van der Waals surface area (Å²) in [6.45, 7) is 1.51. The lowest BCUT2D eigenvalue weighted by atomic mass is 10.1. The fraction of sp³-hybridized carbons (Fsp3) is 1.00. The number of hydrogen-bond donors (Lipinski definition) is 2. The van der Waals surface area contributed by atoms with E-state index in [1.807, 2.05) is 0 Å². The number of sulfonamides is 1. The van der Waals surface area contributed by atoms with E-state index in [1.165, 1.54) is 0 Å². The summed E-state index contributed by atoms with van der Waals surface area (Å²) in [6, 6.07) is -0.145. The first-order chi connectivity index (χ1) is 6.03. The maximum absolute atomic E-state index is 11.0. The van der Waals surface area contributed by atoms with Crippen molar-refractivity contribution in [1.82, 2.24) is 10.0 Å². The molecule has 2 N–H and O–H groups in total. The summed E-state index contributed by atoms with van der Waals surface area (Å²) in [5, 5.41) is 3.11. The van der Waals surface area contributed by atoms with Gasteiger partial charge in [-0.1, -0.05) is 0 Å². The van der Waals surface area contributed by atoms with E-state index in [2.05, 4.69) is 10.0 Å². The predicted molar refractivity (Wildman–Crippen MR) is 50.1 cm³/mol. The molecule has 0 unspecified atom stereocenters. The van der Waals surface area contributed by atoms with Gasteiger partial charge in [0, 0.05) is 13.7 Å². The Morgan fingerprint density at radius 2 is 2.23 bits per heavy atom. The van der Waals surface area contributed by atoms with Crippen molar-refractivity contribution in [1.29, 1.82) is 0 Å². The quantitative estimate of drug-likeness (QED) is 0.618. The third-order valence-corrected chi connectivity index (χ3v) is 2.82. The highest BCUT2D eigenvalue weighted by molar-refractivity contribution is 7.88. The van der Waals surface area contributed by atoms with Crippen LogP contribution in [0.15, 0.2) is 0 Å². The lowest BCUT2D eigenvalue weighted by Gasteiger charge is -2.30.